The number of nitrogens with zero attached hydrogens (tertiary/aromatic N) is 1. The number of benzene rings is 1. The number of anilines is 1. The number of hydrogen-bond donors (Lipinski definition) is 0. The van der Waals surface area contributed by atoms with E-state index in [9.17, 15) is 8.42 Å². The predicted molar refractivity (Wildman–Crippen MR) is 68.5 cm³/mol. The fourth-order valence-corrected chi connectivity index (χ4v) is 2.43. The number of halogens is 1. The molecule has 1 rings (SSSR count). The Kier molecular flexibility index (Phi) is 4.38. The van der Waals surface area contributed by atoms with Crippen molar-refractivity contribution in [3.63, 3.8) is 0 Å². The highest BCUT2D eigenvalue weighted by molar-refractivity contribution is 7.92. The van der Waals surface area contributed by atoms with E-state index in [1.165, 1.54) is 10.6 Å². The Morgan fingerprint density at radius 3 is 2.50 bits per heavy atom. The molecular weight excluding hydrogens is 246 g/mol. The lowest BCUT2D eigenvalue weighted by Gasteiger charge is -2.21. The maximum Gasteiger partial charge on any atom is 0.232 e. The maximum absolute atomic E-state index is 11.6. The molecule has 0 aromatic heterocycles. The van der Waals surface area contributed by atoms with Crippen LogP contribution >= 0.6 is 11.6 Å². The van der Waals surface area contributed by atoms with E-state index in [0.717, 1.165) is 0 Å². The van der Waals surface area contributed by atoms with Gasteiger partial charge < -0.3 is 0 Å². The minimum atomic E-state index is -3.32. The van der Waals surface area contributed by atoms with Gasteiger partial charge in [0, 0.05) is 0 Å². The second-order valence-electron chi connectivity index (χ2n) is 3.31. The quantitative estimate of drug-likeness (QED) is 0.780. The lowest BCUT2D eigenvalue weighted by molar-refractivity contribution is 0.598. The first-order valence-corrected chi connectivity index (χ1v) is 7.03. The highest BCUT2D eigenvalue weighted by atomic mass is 35.5. The van der Waals surface area contributed by atoms with Gasteiger partial charge >= 0.3 is 0 Å². The molecule has 88 valence electrons. The SMILES string of the molecule is CC=CCN(c1ccccc1Cl)S(C)(=O)=O. The molecule has 0 radical (unpaired) electrons. The summed E-state index contributed by atoms with van der Waals surface area (Å²) in [5.74, 6) is 0. The largest absolute Gasteiger partial charge is 0.265 e. The third-order valence-electron chi connectivity index (χ3n) is 2.03. The van der Waals surface area contributed by atoms with Gasteiger partial charge in [0.05, 0.1) is 23.5 Å². The van der Waals surface area contributed by atoms with E-state index in [2.05, 4.69) is 0 Å². The molecule has 1 aromatic rings. The molecule has 0 heterocycles. The Morgan fingerprint density at radius 2 is 2.00 bits per heavy atom. The van der Waals surface area contributed by atoms with E-state index < -0.39 is 10.0 Å². The second-order valence-corrected chi connectivity index (χ2v) is 5.63. The molecule has 0 unspecified atom stereocenters. The van der Waals surface area contributed by atoms with Crippen LogP contribution in [-0.2, 0) is 10.0 Å². The summed E-state index contributed by atoms with van der Waals surface area (Å²) < 4.78 is 24.5. The molecule has 5 heteroatoms. The Bertz CT molecular complexity index is 483. The zero-order valence-electron chi connectivity index (χ0n) is 9.22. The second kappa shape index (κ2) is 5.37. The lowest BCUT2D eigenvalue weighted by Crippen LogP contribution is -2.30. The summed E-state index contributed by atoms with van der Waals surface area (Å²) in [5, 5.41) is 0.428. The first kappa shape index (κ1) is 13.1. The molecule has 0 saturated carbocycles. The van der Waals surface area contributed by atoms with Gasteiger partial charge in [-0.25, -0.2) is 8.42 Å². The summed E-state index contributed by atoms with van der Waals surface area (Å²) in [6.45, 7) is 2.13. The predicted octanol–water partition coefficient (Wildman–Crippen LogP) is 2.68. The molecule has 0 aliphatic carbocycles. The van der Waals surface area contributed by atoms with E-state index in [-0.39, 0.29) is 0 Å². The van der Waals surface area contributed by atoms with Crippen LogP contribution in [0.2, 0.25) is 5.02 Å². The standard InChI is InChI=1S/C11H14ClNO2S/c1-3-4-9-13(16(2,14)15)11-8-6-5-7-10(11)12/h3-8H,9H2,1-2H3. The monoisotopic (exact) mass is 259 g/mol. The van der Waals surface area contributed by atoms with Gasteiger partial charge in [0.15, 0.2) is 0 Å². The van der Waals surface area contributed by atoms with Crippen molar-refractivity contribution in [2.24, 2.45) is 0 Å². The fourth-order valence-electron chi connectivity index (χ4n) is 1.27. The van der Waals surface area contributed by atoms with Crippen LogP contribution in [0.25, 0.3) is 0 Å². The number of allylic oxidation sites excluding steroid dienone is 1. The third-order valence-corrected chi connectivity index (χ3v) is 3.49. The molecule has 0 fully saturated rings. The Labute approximate surface area is 101 Å². The van der Waals surface area contributed by atoms with Gasteiger partial charge in [0.1, 0.15) is 0 Å². The van der Waals surface area contributed by atoms with Gasteiger partial charge in [0.25, 0.3) is 0 Å². The summed E-state index contributed by atoms with van der Waals surface area (Å²) in [6.07, 6.45) is 4.74. The van der Waals surface area contributed by atoms with E-state index in [0.29, 0.717) is 17.3 Å². The minimum absolute atomic E-state index is 0.291. The van der Waals surface area contributed by atoms with E-state index in [4.69, 9.17) is 11.6 Å². The number of sulfonamides is 1. The van der Waals surface area contributed by atoms with Crippen molar-refractivity contribution in [2.75, 3.05) is 17.1 Å². The molecule has 16 heavy (non-hydrogen) atoms. The molecule has 0 saturated heterocycles. The molecule has 1 aromatic carbocycles. The number of para-hydroxylation sites is 1. The van der Waals surface area contributed by atoms with Crippen LogP contribution in [0.3, 0.4) is 0 Å². The van der Waals surface area contributed by atoms with Crippen molar-refractivity contribution in [1.29, 1.82) is 0 Å². The molecule has 0 amide bonds. The normalized spacial score (nSPS) is 11.9. The highest BCUT2D eigenvalue weighted by Crippen LogP contribution is 2.26. The van der Waals surface area contributed by atoms with E-state index in [1.807, 2.05) is 6.92 Å². The molecule has 0 aliphatic rings. The number of rotatable bonds is 4. The van der Waals surface area contributed by atoms with Crippen LogP contribution in [0.5, 0.6) is 0 Å². The van der Waals surface area contributed by atoms with Crippen LogP contribution in [0.1, 0.15) is 6.92 Å². The summed E-state index contributed by atoms with van der Waals surface area (Å²) in [5.41, 5.74) is 0.504. The van der Waals surface area contributed by atoms with Crippen LogP contribution in [0, 0.1) is 0 Å². The average molecular weight is 260 g/mol. The fraction of sp³-hybridized carbons (Fsp3) is 0.273. The number of hydrogen-bond acceptors (Lipinski definition) is 2. The van der Waals surface area contributed by atoms with Gasteiger partial charge in [-0.05, 0) is 19.1 Å². The van der Waals surface area contributed by atoms with Crippen molar-refractivity contribution in [2.45, 2.75) is 6.92 Å². The van der Waals surface area contributed by atoms with Gasteiger partial charge in [0.2, 0.25) is 10.0 Å². The van der Waals surface area contributed by atoms with Crippen molar-refractivity contribution >= 4 is 27.3 Å². The molecule has 0 bridgehead atoms. The minimum Gasteiger partial charge on any atom is -0.265 e. The van der Waals surface area contributed by atoms with Crippen LogP contribution in [-0.4, -0.2) is 21.2 Å². The summed E-state index contributed by atoms with van der Waals surface area (Å²) in [7, 11) is -3.32. The first-order chi connectivity index (χ1) is 7.46. The van der Waals surface area contributed by atoms with Crippen molar-refractivity contribution in [3.05, 3.63) is 41.4 Å². The molecule has 0 N–H and O–H groups in total. The van der Waals surface area contributed by atoms with E-state index >= 15 is 0 Å². The first-order valence-electron chi connectivity index (χ1n) is 4.80. The van der Waals surface area contributed by atoms with Crippen LogP contribution < -0.4 is 4.31 Å². The van der Waals surface area contributed by atoms with Gasteiger partial charge in [-0.15, -0.1) is 0 Å². The van der Waals surface area contributed by atoms with Crippen molar-refractivity contribution in [3.8, 4) is 0 Å². The summed E-state index contributed by atoms with van der Waals surface area (Å²) in [6, 6.07) is 6.88. The Balaban J connectivity index is 3.17. The van der Waals surface area contributed by atoms with Gasteiger partial charge in [-0.1, -0.05) is 35.9 Å². The molecular formula is C11H14ClNO2S. The molecule has 0 spiro atoms. The summed E-state index contributed by atoms with van der Waals surface area (Å²) >= 11 is 5.97. The van der Waals surface area contributed by atoms with E-state index in [1.54, 1.807) is 36.4 Å². The zero-order valence-corrected chi connectivity index (χ0v) is 10.8. The van der Waals surface area contributed by atoms with Gasteiger partial charge in [-0.3, -0.25) is 4.31 Å². The van der Waals surface area contributed by atoms with Crippen molar-refractivity contribution in [1.82, 2.24) is 0 Å². The van der Waals surface area contributed by atoms with Crippen LogP contribution in [0.4, 0.5) is 5.69 Å². The topological polar surface area (TPSA) is 37.4 Å². The Morgan fingerprint density at radius 1 is 1.38 bits per heavy atom. The third kappa shape index (κ3) is 3.25. The lowest BCUT2D eigenvalue weighted by atomic mass is 10.3. The van der Waals surface area contributed by atoms with Gasteiger partial charge in [-0.2, -0.15) is 0 Å². The average Bonchev–Trinajstić information content (AvgIpc) is 2.19. The maximum atomic E-state index is 11.6. The highest BCUT2D eigenvalue weighted by Gasteiger charge is 2.17. The smallest absolute Gasteiger partial charge is 0.232 e. The van der Waals surface area contributed by atoms with Crippen LogP contribution in [0.15, 0.2) is 36.4 Å². The Hall–Kier alpha value is -1.00. The molecule has 3 nitrogen and oxygen atoms in total. The molecule has 0 atom stereocenters. The zero-order chi connectivity index (χ0) is 12.2. The summed E-state index contributed by atoms with van der Waals surface area (Å²) in [4.78, 5) is 0. The van der Waals surface area contributed by atoms with Crippen molar-refractivity contribution < 1.29 is 8.42 Å². The molecule has 0 aliphatic heterocycles.